The van der Waals surface area contributed by atoms with Crippen LogP contribution in [0, 0.1) is 0 Å². The third-order valence-corrected chi connectivity index (χ3v) is 2.08. The van der Waals surface area contributed by atoms with E-state index in [-0.39, 0.29) is 6.04 Å². The van der Waals surface area contributed by atoms with Gasteiger partial charge in [-0.3, -0.25) is 4.79 Å². The van der Waals surface area contributed by atoms with Gasteiger partial charge >= 0.3 is 18.0 Å². The number of carboxylic acid groups (broad SMARTS) is 2. The summed E-state index contributed by atoms with van der Waals surface area (Å²) in [7, 11) is 0. The fraction of sp³-hybridized carbons (Fsp3) is 0.700. The van der Waals surface area contributed by atoms with Crippen molar-refractivity contribution in [2.75, 3.05) is 0 Å². The largest absolute Gasteiger partial charge is 0.481 e. The van der Waals surface area contributed by atoms with Crippen molar-refractivity contribution in [1.82, 2.24) is 10.6 Å². The lowest BCUT2D eigenvalue weighted by atomic mass is 10.2. The number of carboxylic acids is 2. The van der Waals surface area contributed by atoms with Gasteiger partial charge in [-0.05, 0) is 13.3 Å². The zero-order chi connectivity index (χ0) is 13.4. The van der Waals surface area contributed by atoms with Crippen molar-refractivity contribution in [2.24, 2.45) is 0 Å². The molecule has 0 bridgehead atoms. The van der Waals surface area contributed by atoms with Gasteiger partial charge in [-0.25, -0.2) is 9.59 Å². The first kappa shape index (κ1) is 15.2. The molecular formula is C10H18N2O5. The van der Waals surface area contributed by atoms with Crippen LogP contribution in [0.4, 0.5) is 4.79 Å². The zero-order valence-corrected chi connectivity index (χ0v) is 9.90. The molecule has 0 saturated carbocycles. The number of rotatable bonds is 7. The lowest BCUT2D eigenvalue weighted by Crippen LogP contribution is -2.49. The molecule has 1 unspecified atom stereocenters. The molecule has 0 spiro atoms. The summed E-state index contributed by atoms with van der Waals surface area (Å²) in [6.45, 7) is 3.75. The minimum absolute atomic E-state index is 0.0840. The second-order valence-electron chi connectivity index (χ2n) is 3.80. The molecule has 7 nitrogen and oxygen atoms in total. The van der Waals surface area contributed by atoms with Crippen LogP contribution in [0.2, 0.25) is 0 Å². The molecule has 7 heteroatoms. The summed E-state index contributed by atoms with van der Waals surface area (Å²) < 4.78 is 0. The molecule has 0 saturated heterocycles. The lowest BCUT2D eigenvalue weighted by Gasteiger charge is -2.16. The van der Waals surface area contributed by atoms with Crippen molar-refractivity contribution < 1.29 is 24.6 Å². The van der Waals surface area contributed by atoms with E-state index < -0.39 is 30.4 Å². The molecule has 0 aliphatic rings. The van der Waals surface area contributed by atoms with E-state index in [1.54, 1.807) is 6.92 Å². The maximum absolute atomic E-state index is 11.3. The van der Waals surface area contributed by atoms with Gasteiger partial charge in [0.05, 0.1) is 6.42 Å². The van der Waals surface area contributed by atoms with Gasteiger partial charge in [0.25, 0.3) is 0 Å². The van der Waals surface area contributed by atoms with Crippen molar-refractivity contribution >= 4 is 18.0 Å². The fourth-order valence-electron chi connectivity index (χ4n) is 1.30. The summed E-state index contributed by atoms with van der Waals surface area (Å²) in [6.07, 6.45) is 1.01. The molecule has 17 heavy (non-hydrogen) atoms. The number of nitrogens with one attached hydrogen (secondary N) is 2. The van der Waals surface area contributed by atoms with E-state index in [4.69, 9.17) is 10.2 Å². The average Bonchev–Trinajstić information content (AvgIpc) is 2.15. The van der Waals surface area contributed by atoms with Gasteiger partial charge in [0.15, 0.2) is 0 Å². The van der Waals surface area contributed by atoms with E-state index in [0.717, 1.165) is 12.8 Å². The first-order valence-corrected chi connectivity index (χ1v) is 5.38. The molecule has 0 aliphatic carbocycles. The Morgan fingerprint density at radius 1 is 1.18 bits per heavy atom. The maximum atomic E-state index is 11.3. The number of hydrogen-bond donors (Lipinski definition) is 4. The molecule has 0 aliphatic heterocycles. The van der Waals surface area contributed by atoms with E-state index >= 15 is 0 Å². The molecule has 0 aromatic carbocycles. The van der Waals surface area contributed by atoms with Gasteiger partial charge in [0, 0.05) is 6.04 Å². The highest BCUT2D eigenvalue weighted by molar-refractivity contribution is 5.86. The SMILES string of the molecule is CCCC(C)NC(=O)N[C@@H](CC(=O)O)C(=O)O. The highest BCUT2D eigenvalue weighted by atomic mass is 16.4. The Labute approximate surface area is 99.2 Å². The fourth-order valence-corrected chi connectivity index (χ4v) is 1.30. The third-order valence-electron chi connectivity index (χ3n) is 2.08. The number of amides is 2. The summed E-state index contributed by atoms with van der Waals surface area (Å²) in [5.74, 6) is -2.65. The van der Waals surface area contributed by atoms with E-state index in [2.05, 4.69) is 10.6 Å². The van der Waals surface area contributed by atoms with Crippen LogP contribution in [0.1, 0.15) is 33.1 Å². The Kier molecular flexibility index (Phi) is 6.69. The third kappa shape index (κ3) is 7.15. The van der Waals surface area contributed by atoms with Gasteiger partial charge in [0.1, 0.15) is 6.04 Å². The monoisotopic (exact) mass is 246 g/mol. The molecule has 4 N–H and O–H groups in total. The first-order chi connectivity index (χ1) is 7.86. The Balaban J connectivity index is 4.21. The molecule has 0 heterocycles. The molecule has 2 amide bonds. The molecule has 2 atom stereocenters. The lowest BCUT2D eigenvalue weighted by molar-refractivity contribution is -0.145. The van der Waals surface area contributed by atoms with Crippen LogP contribution < -0.4 is 10.6 Å². The topological polar surface area (TPSA) is 116 Å². The normalized spacial score (nSPS) is 13.5. The number of aliphatic carboxylic acids is 2. The summed E-state index contributed by atoms with van der Waals surface area (Å²) in [5.41, 5.74) is 0. The van der Waals surface area contributed by atoms with Gasteiger partial charge in [0.2, 0.25) is 0 Å². The summed E-state index contributed by atoms with van der Waals surface area (Å²) >= 11 is 0. The van der Waals surface area contributed by atoms with Gasteiger partial charge in [-0.15, -0.1) is 0 Å². The van der Waals surface area contributed by atoms with Crippen LogP contribution in [-0.2, 0) is 9.59 Å². The molecule has 0 aromatic heterocycles. The Hall–Kier alpha value is -1.79. The van der Waals surface area contributed by atoms with Crippen LogP contribution in [0.15, 0.2) is 0 Å². The maximum Gasteiger partial charge on any atom is 0.326 e. The first-order valence-electron chi connectivity index (χ1n) is 5.38. The summed E-state index contributed by atoms with van der Waals surface area (Å²) in [6, 6.07) is -2.17. The van der Waals surface area contributed by atoms with E-state index in [9.17, 15) is 14.4 Å². The second-order valence-corrected chi connectivity index (χ2v) is 3.80. The van der Waals surface area contributed by atoms with Crippen molar-refractivity contribution in [3.05, 3.63) is 0 Å². The summed E-state index contributed by atoms with van der Waals surface area (Å²) in [4.78, 5) is 32.4. The zero-order valence-electron chi connectivity index (χ0n) is 9.90. The van der Waals surface area contributed by atoms with Crippen molar-refractivity contribution in [3.63, 3.8) is 0 Å². The van der Waals surface area contributed by atoms with Crippen LogP contribution in [0.3, 0.4) is 0 Å². The quantitative estimate of drug-likeness (QED) is 0.519. The van der Waals surface area contributed by atoms with Crippen LogP contribution in [0.5, 0.6) is 0 Å². The summed E-state index contributed by atoms with van der Waals surface area (Å²) in [5, 5.41) is 21.8. The minimum Gasteiger partial charge on any atom is -0.481 e. The van der Waals surface area contributed by atoms with Crippen molar-refractivity contribution in [2.45, 2.75) is 45.2 Å². The second kappa shape index (κ2) is 7.48. The Morgan fingerprint density at radius 3 is 2.18 bits per heavy atom. The van der Waals surface area contributed by atoms with Gasteiger partial charge in [-0.1, -0.05) is 13.3 Å². The van der Waals surface area contributed by atoms with Gasteiger partial charge < -0.3 is 20.8 Å². The Morgan fingerprint density at radius 2 is 1.76 bits per heavy atom. The molecule has 0 fully saturated rings. The molecular weight excluding hydrogens is 228 g/mol. The van der Waals surface area contributed by atoms with Crippen molar-refractivity contribution in [3.8, 4) is 0 Å². The van der Waals surface area contributed by atoms with E-state index in [1.807, 2.05) is 6.92 Å². The number of carbonyl (C=O) groups excluding carboxylic acids is 1. The predicted octanol–water partition coefficient (Wildman–Crippen LogP) is 0.402. The number of urea groups is 1. The molecule has 98 valence electrons. The van der Waals surface area contributed by atoms with Crippen LogP contribution in [-0.4, -0.2) is 40.3 Å². The smallest absolute Gasteiger partial charge is 0.326 e. The van der Waals surface area contributed by atoms with Crippen molar-refractivity contribution in [1.29, 1.82) is 0 Å². The van der Waals surface area contributed by atoms with E-state index in [1.165, 1.54) is 0 Å². The van der Waals surface area contributed by atoms with Gasteiger partial charge in [-0.2, -0.15) is 0 Å². The van der Waals surface area contributed by atoms with Crippen LogP contribution >= 0.6 is 0 Å². The number of carbonyl (C=O) groups is 3. The molecule has 0 rings (SSSR count). The van der Waals surface area contributed by atoms with E-state index in [0.29, 0.717) is 0 Å². The molecule has 0 aromatic rings. The highest BCUT2D eigenvalue weighted by Gasteiger charge is 2.23. The minimum atomic E-state index is -1.42. The standard InChI is InChI=1S/C10H18N2O5/c1-3-4-6(2)11-10(17)12-7(9(15)16)5-8(13)14/h6-7H,3-5H2,1-2H3,(H,13,14)(H,15,16)(H2,11,12,17)/t6?,7-/m0/s1. The highest BCUT2D eigenvalue weighted by Crippen LogP contribution is 1.96. The molecule has 0 radical (unpaired) electrons. The van der Waals surface area contributed by atoms with Crippen LogP contribution in [0.25, 0.3) is 0 Å². The number of hydrogen-bond acceptors (Lipinski definition) is 3. The Bertz CT molecular complexity index is 292. The predicted molar refractivity (Wildman–Crippen MR) is 59.7 cm³/mol. The average molecular weight is 246 g/mol.